The van der Waals surface area contributed by atoms with Gasteiger partial charge in [-0.05, 0) is 30.5 Å². The molecule has 0 aliphatic heterocycles. The van der Waals surface area contributed by atoms with E-state index < -0.39 is 0 Å². The van der Waals surface area contributed by atoms with Gasteiger partial charge in [0, 0.05) is 17.3 Å². The minimum atomic E-state index is -0.137. The zero-order valence-corrected chi connectivity index (χ0v) is 14.5. The van der Waals surface area contributed by atoms with Crippen LogP contribution in [-0.2, 0) is 0 Å². The zero-order chi connectivity index (χ0) is 17.4. The van der Waals surface area contributed by atoms with E-state index in [1.54, 1.807) is 20.3 Å². The van der Waals surface area contributed by atoms with Crippen LogP contribution in [0.2, 0.25) is 0 Å². The molecule has 0 amide bonds. The fourth-order valence-electron chi connectivity index (χ4n) is 2.82. The van der Waals surface area contributed by atoms with Crippen LogP contribution in [0.3, 0.4) is 0 Å². The second kappa shape index (κ2) is 6.03. The number of nitrogens with one attached hydrogen (secondary N) is 1. The van der Waals surface area contributed by atoms with Crippen molar-refractivity contribution in [2.45, 2.75) is 26.7 Å². The van der Waals surface area contributed by atoms with Gasteiger partial charge in [-0.3, -0.25) is 4.79 Å². The summed E-state index contributed by atoms with van der Waals surface area (Å²) in [7, 11) is 3.20. The first-order valence-corrected chi connectivity index (χ1v) is 7.81. The van der Waals surface area contributed by atoms with Gasteiger partial charge in [-0.25, -0.2) is 0 Å². The van der Waals surface area contributed by atoms with Crippen molar-refractivity contribution in [3.05, 3.63) is 46.0 Å². The number of methoxy groups -OCH3 is 2. The number of aryl methyl sites for hydroxylation is 1. The first-order chi connectivity index (χ1) is 11.5. The zero-order valence-electron chi connectivity index (χ0n) is 14.5. The molecule has 1 N–H and O–H groups in total. The number of ether oxygens (including phenoxy) is 2. The molecule has 2 aromatic heterocycles. The molecule has 0 saturated heterocycles. The van der Waals surface area contributed by atoms with Crippen LogP contribution in [0.1, 0.15) is 31.2 Å². The molecule has 3 rings (SSSR count). The van der Waals surface area contributed by atoms with E-state index in [9.17, 15) is 4.79 Å². The Balaban J connectivity index is 2.30. The third-order valence-electron chi connectivity index (χ3n) is 4.11. The lowest BCUT2D eigenvalue weighted by molar-refractivity contribution is 0.355. The minimum absolute atomic E-state index is 0.137. The van der Waals surface area contributed by atoms with Gasteiger partial charge in [0.1, 0.15) is 5.65 Å². The molecule has 6 nitrogen and oxygen atoms in total. The third-order valence-corrected chi connectivity index (χ3v) is 4.11. The van der Waals surface area contributed by atoms with Crippen molar-refractivity contribution in [2.24, 2.45) is 0 Å². The van der Waals surface area contributed by atoms with Crippen molar-refractivity contribution in [1.82, 2.24) is 14.6 Å². The van der Waals surface area contributed by atoms with Gasteiger partial charge in [-0.2, -0.15) is 9.61 Å². The molecule has 3 aromatic rings. The molecule has 0 radical (unpaired) electrons. The molecule has 0 aliphatic carbocycles. The van der Waals surface area contributed by atoms with Crippen molar-refractivity contribution in [3.63, 3.8) is 0 Å². The van der Waals surface area contributed by atoms with Crippen LogP contribution in [0.15, 0.2) is 29.1 Å². The van der Waals surface area contributed by atoms with Crippen LogP contribution in [0, 0.1) is 6.92 Å². The number of benzene rings is 1. The third kappa shape index (κ3) is 2.54. The predicted octanol–water partition coefficient (Wildman–Crippen LogP) is 3.14. The van der Waals surface area contributed by atoms with Gasteiger partial charge < -0.3 is 14.5 Å². The molecule has 0 spiro atoms. The van der Waals surface area contributed by atoms with E-state index in [1.807, 2.05) is 39.0 Å². The molecule has 2 heterocycles. The highest BCUT2D eigenvalue weighted by atomic mass is 16.5. The first kappa shape index (κ1) is 16.1. The summed E-state index contributed by atoms with van der Waals surface area (Å²) in [5, 5.41) is 4.39. The molecule has 0 fully saturated rings. The molecule has 0 aliphatic rings. The maximum atomic E-state index is 12.4. The molecule has 0 saturated carbocycles. The molecule has 24 heavy (non-hydrogen) atoms. The maximum absolute atomic E-state index is 12.4. The summed E-state index contributed by atoms with van der Waals surface area (Å²) in [6, 6.07) is 7.28. The van der Waals surface area contributed by atoms with E-state index in [-0.39, 0.29) is 11.5 Å². The fraction of sp³-hybridized carbons (Fsp3) is 0.333. The van der Waals surface area contributed by atoms with Crippen molar-refractivity contribution in [3.8, 4) is 22.6 Å². The smallest absolute Gasteiger partial charge is 0.274 e. The monoisotopic (exact) mass is 327 g/mol. The first-order valence-electron chi connectivity index (χ1n) is 7.81. The molecule has 6 heteroatoms. The quantitative estimate of drug-likeness (QED) is 0.799. The highest BCUT2D eigenvalue weighted by Crippen LogP contribution is 2.35. The normalized spacial score (nSPS) is 11.2. The summed E-state index contributed by atoms with van der Waals surface area (Å²) in [6.45, 7) is 5.98. The van der Waals surface area contributed by atoms with Gasteiger partial charge in [-0.1, -0.05) is 19.9 Å². The number of hydrogen-bond acceptors (Lipinski definition) is 4. The van der Waals surface area contributed by atoms with Crippen LogP contribution in [0.5, 0.6) is 11.5 Å². The molecule has 126 valence electrons. The van der Waals surface area contributed by atoms with Crippen LogP contribution in [0.25, 0.3) is 16.8 Å². The Morgan fingerprint density at radius 2 is 1.83 bits per heavy atom. The fourth-order valence-corrected chi connectivity index (χ4v) is 2.82. The maximum Gasteiger partial charge on any atom is 0.274 e. The number of aromatic amines is 1. The minimum Gasteiger partial charge on any atom is -0.493 e. The molecular formula is C18H21N3O3. The van der Waals surface area contributed by atoms with E-state index in [4.69, 9.17) is 9.47 Å². The molecular weight excluding hydrogens is 306 g/mol. The van der Waals surface area contributed by atoms with Crippen LogP contribution in [-0.4, -0.2) is 28.8 Å². The number of fused-ring (bicyclic) bond motifs is 1. The number of nitrogens with zero attached hydrogens (tertiary/aromatic N) is 2. The Kier molecular flexibility index (Phi) is 4.05. The van der Waals surface area contributed by atoms with Gasteiger partial charge in [0.25, 0.3) is 5.56 Å². The molecule has 0 atom stereocenters. The number of hydrogen-bond donors (Lipinski definition) is 1. The van der Waals surface area contributed by atoms with E-state index in [1.165, 1.54) is 4.52 Å². The Bertz CT molecular complexity index is 954. The highest BCUT2D eigenvalue weighted by Gasteiger charge is 2.17. The van der Waals surface area contributed by atoms with Gasteiger partial charge in [0.15, 0.2) is 11.5 Å². The summed E-state index contributed by atoms with van der Waals surface area (Å²) in [5.74, 6) is 1.51. The van der Waals surface area contributed by atoms with Crippen molar-refractivity contribution >= 4 is 5.65 Å². The number of H-pyrrole nitrogens is 1. The largest absolute Gasteiger partial charge is 0.493 e. The van der Waals surface area contributed by atoms with E-state index in [0.29, 0.717) is 17.1 Å². The molecule has 0 unspecified atom stereocenters. The van der Waals surface area contributed by atoms with Crippen LogP contribution >= 0.6 is 0 Å². The summed E-state index contributed by atoms with van der Waals surface area (Å²) >= 11 is 0. The summed E-state index contributed by atoms with van der Waals surface area (Å²) in [5.41, 5.74) is 4.01. The Hall–Kier alpha value is -2.76. The van der Waals surface area contributed by atoms with E-state index in [0.717, 1.165) is 22.5 Å². The Morgan fingerprint density at radius 3 is 2.46 bits per heavy atom. The average Bonchev–Trinajstić information content (AvgIpc) is 2.90. The average molecular weight is 327 g/mol. The van der Waals surface area contributed by atoms with Gasteiger partial charge in [-0.15, -0.1) is 0 Å². The molecule has 0 bridgehead atoms. The lowest BCUT2D eigenvalue weighted by Gasteiger charge is -2.10. The van der Waals surface area contributed by atoms with E-state index in [2.05, 4.69) is 10.1 Å². The van der Waals surface area contributed by atoms with E-state index >= 15 is 0 Å². The van der Waals surface area contributed by atoms with Crippen LogP contribution < -0.4 is 15.0 Å². The number of rotatable bonds is 4. The standard InChI is InChI=1S/C18H21N3O3/c1-10(2)13-9-16(22)21-18(19-13)17(11(3)20-21)12-6-7-14(23-4)15(8-12)24-5/h6-10,19H,1-5H3. The lowest BCUT2D eigenvalue weighted by atomic mass is 10.0. The lowest BCUT2D eigenvalue weighted by Crippen LogP contribution is -2.16. The summed E-state index contributed by atoms with van der Waals surface area (Å²) < 4.78 is 12.1. The van der Waals surface area contributed by atoms with Gasteiger partial charge in [0.2, 0.25) is 0 Å². The second-order valence-electron chi connectivity index (χ2n) is 6.01. The topological polar surface area (TPSA) is 68.6 Å². The Morgan fingerprint density at radius 1 is 1.12 bits per heavy atom. The van der Waals surface area contributed by atoms with Crippen molar-refractivity contribution < 1.29 is 9.47 Å². The van der Waals surface area contributed by atoms with Crippen molar-refractivity contribution in [2.75, 3.05) is 14.2 Å². The van der Waals surface area contributed by atoms with Crippen LogP contribution in [0.4, 0.5) is 0 Å². The molecule has 1 aromatic carbocycles. The summed E-state index contributed by atoms with van der Waals surface area (Å²) in [6.07, 6.45) is 0. The Labute approximate surface area is 140 Å². The number of aromatic nitrogens is 3. The predicted molar refractivity (Wildman–Crippen MR) is 93.2 cm³/mol. The SMILES string of the molecule is COc1ccc(-c2c(C)nn3c(=O)cc(C(C)C)[nH]c23)cc1OC. The summed E-state index contributed by atoms with van der Waals surface area (Å²) in [4.78, 5) is 15.7. The highest BCUT2D eigenvalue weighted by molar-refractivity contribution is 5.81. The van der Waals surface area contributed by atoms with Crippen molar-refractivity contribution in [1.29, 1.82) is 0 Å². The second-order valence-corrected chi connectivity index (χ2v) is 6.01. The van der Waals surface area contributed by atoms with Gasteiger partial charge in [0.05, 0.1) is 19.9 Å². The van der Waals surface area contributed by atoms with Gasteiger partial charge >= 0.3 is 0 Å².